The summed E-state index contributed by atoms with van der Waals surface area (Å²) in [5.41, 5.74) is 2.96. The smallest absolute Gasteiger partial charge is 0.247 e. The maximum atomic E-state index is 13.6. The summed E-state index contributed by atoms with van der Waals surface area (Å²) in [6.45, 7) is 2.10. The number of fused-ring (bicyclic) bond motifs is 1. The van der Waals surface area contributed by atoms with E-state index in [1.165, 1.54) is 0 Å². The summed E-state index contributed by atoms with van der Waals surface area (Å²) >= 11 is 0. The predicted octanol–water partition coefficient (Wildman–Crippen LogP) is 3.89. The van der Waals surface area contributed by atoms with Gasteiger partial charge >= 0.3 is 0 Å². The molecule has 1 N–H and O–H groups in total. The molecule has 0 bridgehead atoms. The molecule has 0 aliphatic heterocycles. The van der Waals surface area contributed by atoms with Gasteiger partial charge in [0.05, 0.1) is 19.7 Å². The first kappa shape index (κ1) is 24.7. The quantitative estimate of drug-likeness (QED) is 0.364. The molecule has 1 unspecified atom stereocenters. The maximum absolute atomic E-state index is 13.6. The second-order valence-electron chi connectivity index (χ2n) is 8.25. The van der Waals surface area contributed by atoms with E-state index in [0.717, 1.165) is 16.8 Å². The zero-order valence-corrected chi connectivity index (χ0v) is 20.5. The highest BCUT2D eigenvalue weighted by atomic mass is 16.5. The molecule has 1 aromatic heterocycles. The van der Waals surface area contributed by atoms with Gasteiger partial charge in [-0.05, 0) is 60.5 Å². The van der Waals surface area contributed by atoms with Crippen LogP contribution in [0.5, 0.6) is 11.5 Å². The first-order valence-electron chi connectivity index (χ1n) is 11.7. The van der Waals surface area contributed by atoms with Crippen LogP contribution < -0.4 is 14.8 Å². The van der Waals surface area contributed by atoms with Crippen molar-refractivity contribution < 1.29 is 19.1 Å². The van der Waals surface area contributed by atoms with E-state index in [1.54, 1.807) is 48.1 Å². The molecule has 3 aromatic carbocycles. The van der Waals surface area contributed by atoms with Gasteiger partial charge < -0.3 is 19.7 Å². The van der Waals surface area contributed by atoms with Crippen molar-refractivity contribution >= 4 is 28.5 Å². The number of nitrogens with one attached hydrogen (secondary N) is 1. The second-order valence-corrected chi connectivity index (χ2v) is 8.25. The van der Waals surface area contributed by atoms with Crippen molar-refractivity contribution in [3.8, 4) is 11.5 Å². The molecule has 0 fully saturated rings. The molecule has 0 saturated carbocycles. The van der Waals surface area contributed by atoms with Crippen LogP contribution in [-0.4, -0.2) is 52.0 Å². The largest absolute Gasteiger partial charge is 0.497 e. The SMILES string of the molecule is CCC(C(=O)Nc1ccc(OC)cc1)N(Cc1ccc(OC)cc1)C(=O)Cn1nnc2ccccc21. The minimum absolute atomic E-state index is 0.0387. The van der Waals surface area contributed by atoms with Gasteiger partial charge in [-0.15, -0.1) is 5.10 Å². The fraction of sp³-hybridized carbons (Fsp3) is 0.259. The van der Waals surface area contributed by atoms with Crippen molar-refractivity contribution in [2.24, 2.45) is 0 Å². The number of benzene rings is 3. The molecule has 4 rings (SSSR count). The Morgan fingerprint density at radius 3 is 2.22 bits per heavy atom. The van der Waals surface area contributed by atoms with Crippen molar-refractivity contribution in [1.82, 2.24) is 19.9 Å². The minimum atomic E-state index is -0.698. The number of aromatic nitrogens is 3. The highest BCUT2D eigenvalue weighted by Gasteiger charge is 2.29. The summed E-state index contributed by atoms with van der Waals surface area (Å²) in [5.74, 6) is 0.901. The normalized spacial score (nSPS) is 11.6. The third-order valence-corrected chi connectivity index (χ3v) is 5.96. The van der Waals surface area contributed by atoms with E-state index in [4.69, 9.17) is 9.47 Å². The standard InChI is InChI=1S/C27H29N5O4/c1-4-24(27(34)28-20-11-15-22(36-3)16-12-20)31(17-19-9-13-21(35-2)14-10-19)26(33)18-32-25-8-6-5-7-23(25)29-30-32/h5-16,24H,4,17-18H2,1-3H3,(H,28,34). The number of nitrogens with zero attached hydrogens (tertiary/aromatic N) is 4. The van der Waals surface area contributed by atoms with E-state index < -0.39 is 6.04 Å². The molecule has 0 aliphatic rings. The van der Waals surface area contributed by atoms with E-state index in [1.807, 2.05) is 55.5 Å². The van der Waals surface area contributed by atoms with E-state index in [-0.39, 0.29) is 24.9 Å². The Morgan fingerprint density at radius 1 is 0.944 bits per heavy atom. The third kappa shape index (κ3) is 5.63. The van der Waals surface area contributed by atoms with Crippen molar-refractivity contribution in [1.29, 1.82) is 0 Å². The lowest BCUT2D eigenvalue weighted by Crippen LogP contribution is -2.47. The fourth-order valence-electron chi connectivity index (χ4n) is 4.00. The van der Waals surface area contributed by atoms with E-state index in [0.29, 0.717) is 23.4 Å². The Morgan fingerprint density at radius 2 is 1.58 bits per heavy atom. The van der Waals surface area contributed by atoms with Crippen molar-refractivity contribution in [3.63, 3.8) is 0 Å². The summed E-state index contributed by atoms with van der Waals surface area (Å²) in [6.07, 6.45) is 0.433. The van der Waals surface area contributed by atoms with Gasteiger partial charge in [-0.2, -0.15) is 0 Å². The molecular weight excluding hydrogens is 458 g/mol. The average molecular weight is 488 g/mol. The summed E-state index contributed by atoms with van der Waals surface area (Å²) in [6, 6.07) is 21.3. The number of ether oxygens (including phenoxy) is 2. The second kappa shape index (κ2) is 11.4. The van der Waals surface area contributed by atoms with Crippen LogP contribution in [0.25, 0.3) is 11.0 Å². The predicted molar refractivity (Wildman–Crippen MR) is 137 cm³/mol. The number of rotatable bonds is 10. The highest BCUT2D eigenvalue weighted by molar-refractivity contribution is 5.97. The van der Waals surface area contributed by atoms with Gasteiger partial charge in [0.15, 0.2) is 0 Å². The van der Waals surface area contributed by atoms with Crippen LogP contribution in [0.3, 0.4) is 0 Å². The number of anilines is 1. The monoisotopic (exact) mass is 487 g/mol. The Labute approximate surface area is 209 Å². The van der Waals surface area contributed by atoms with Crippen LogP contribution in [0, 0.1) is 0 Å². The Bertz CT molecular complexity index is 1320. The maximum Gasteiger partial charge on any atom is 0.247 e. The number of amides is 2. The Kier molecular flexibility index (Phi) is 7.79. The minimum Gasteiger partial charge on any atom is -0.497 e. The molecule has 36 heavy (non-hydrogen) atoms. The van der Waals surface area contributed by atoms with Gasteiger partial charge in [0.2, 0.25) is 11.8 Å². The van der Waals surface area contributed by atoms with Gasteiger partial charge in [-0.1, -0.05) is 36.4 Å². The molecule has 0 aliphatic carbocycles. The molecule has 0 radical (unpaired) electrons. The Hall–Kier alpha value is -4.40. The van der Waals surface area contributed by atoms with Gasteiger partial charge in [0.1, 0.15) is 29.6 Å². The molecule has 1 heterocycles. The van der Waals surface area contributed by atoms with Gasteiger partial charge in [-0.25, -0.2) is 4.68 Å². The van der Waals surface area contributed by atoms with Crippen LogP contribution in [0.4, 0.5) is 5.69 Å². The van der Waals surface area contributed by atoms with Crippen LogP contribution in [-0.2, 0) is 22.7 Å². The topological polar surface area (TPSA) is 98.6 Å². The van der Waals surface area contributed by atoms with Gasteiger partial charge in [0.25, 0.3) is 0 Å². The highest BCUT2D eigenvalue weighted by Crippen LogP contribution is 2.20. The zero-order valence-electron chi connectivity index (χ0n) is 20.5. The van der Waals surface area contributed by atoms with E-state index in [9.17, 15) is 9.59 Å². The fourth-order valence-corrected chi connectivity index (χ4v) is 4.00. The Balaban J connectivity index is 1.60. The molecule has 0 spiro atoms. The number of para-hydroxylation sites is 1. The summed E-state index contributed by atoms with van der Waals surface area (Å²) in [5, 5.41) is 11.2. The lowest BCUT2D eigenvalue weighted by Gasteiger charge is -2.30. The molecular formula is C27H29N5O4. The van der Waals surface area contributed by atoms with E-state index in [2.05, 4.69) is 15.6 Å². The van der Waals surface area contributed by atoms with Gasteiger partial charge in [0, 0.05) is 12.2 Å². The number of methoxy groups -OCH3 is 2. The van der Waals surface area contributed by atoms with Crippen molar-refractivity contribution in [2.45, 2.75) is 32.5 Å². The molecule has 2 amide bonds. The molecule has 1 atom stereocenters. The third-order valence-electron chi connectivity index (χ3n) is 5.96. The average Bonchev–Trinajstić information content (AvgIpc) is 3.32. The van der Waals surface area contributed by atoms with Gasteiger partial charge in [-0.3, -0.25) is 9.59 Å². The first-order chi connectivity index (χ1) is 17.5. The number of hydrogen-bond donors (Lipinski definition) is 1. The van der Waals surface area contributed by atoms with E-state index >= 15 is 0 Å². The lowest BCUT2D eigenvalue weighted by atomic mass is 10.1. The van der Waals surface area contributed by atoms with Crippen molar-refractivity contribution in [2.75, 3.05) is 19.5 Å². The first-order valence-corrected chi connectivity index (χ1v) is 11.7. The zero-order chi connectivity index (χ0) is 25.5. The molecule has 0 saturated heterocycles. The molecule has 4 aromatic rings. The van der Waals surface area contributed by atoms with Crippen LogP contribution in [0.15, 0.2) is 72.8 Å². The number of carbonyl (C=O) groups excluding carboxylic acids is 2. The number of carbonyl (C=O) groups is 2. The summed E-state index contributed by atoms with van der Waals surface area (Å²) in [4.78, 5) is 28.6. The van der Waals surface area contributed by atoms with Crippen LogP contribution in [0.1, 0.15) is 18.9 Å². The van der Waals surface area contributed by atoms with Crippen molar-refractivity contribution in [3.05, 3.63) is 78.4 Å². The molecule has 9 heteroatoms. The van der Waals surface area contributed by atoms with Crippen LogP contribution >= 0.6 is 0 Å². The number of hydrogen-bond acceptors (Lipinski definition) is 6. The summed E-state index contributed by atoms with van der Waals surface area (Å²) in [7, 11) is 3.19. The molecule has 186 valence electrons. The molecule has 9 nitrogen and oxygen atoms in total. The summed E-state index contributed by atoms with van der Waals surface area (Å²) < 4.78 is 12.0. The van der Waals surface area contributed by atoms with Crippen LogP contribution in [0.2, 0.25) is 0 Å². The lowest BCUT2D eigenvalue weighted by molar-refractivity contribution is -0.140.